The van der Waals surface area contributed by atoms with Crippen molar-refractivity contribution in [3.63, 3.8) is 0 Å². The molecule has 1 aliphatic heterocycles. The Morgan fingerprint density at radius 2 is 1.88 bits per heavy atom. The van der Waals surface area contributed by atoms with E-state index >= 15 is 0 Å². The Morgan fingerprint density at radius 3 is 2.52 bits per heavy atom. The first kappa shape index (κ1) is 15.8. The van der Waals surface area contributed by atoms with Crippen molar-refractivity contribution in [1.82, 2.24) is 20.1 Å². The van der Waals surface area contributed by atoms with Crippen LogP contribution in [0, 0.1) is 0 Å². The van der Waals surface area contributed by atoms with E-state index in [0.29, 0.717) is 49.0 Å². The van der Waals surface area contributed by atoms with Crippen molar-refractivity contribution < 1.29 is 9.59 Å². The van der Waals surface area contributed by atoms with Crippen LogP contribution in [0.5, 0.6) is 0 Å². The average Bonchev–Trinajstić information content (AvgIpc) is 3.05. The number of ketones is 1. The largest absolute Gasteiger partial charge is 0.340 e. The smallest absolute Gasteiger partial charge is 0.338 e. The summed E-state index contributed by atoms with van der Waals surface area (Å²) in [6.45, 7) is 1.27. The Hall–Kier alpha value is -2.70. The number of nitrogens with one attached hydrogen (secondary N) is 2. The molecule has 2 heterocycles. The van der Waals surface area contributed by atoms with E-state index in [1.54, 1.807) is 0 Å². The van der Waals surface area contributed by atoms with Crippen LogP contribution < -0.4 is 5.69 Å². The molecule has 1 atom stereocenters. The zero-order chi connectivity index (χ0) is 17.4. The van der Waals surface area contributed by atoms with Gasteiger partial charge in [-0.2, -0.15) is 5.10 Å². The second kappa shape index (κ2) is 6.31. The molecular formula is C18H20N4O3. The van der Waals surface area contributed by atoms with Gasteiger partial charge in [-0.25, -0.2) is 9.89 Å². The highest BCUT2D eigenvalue weighted by Gasteiger charge is 2.29. The number of likely N-dealkylation sites (tertiary alicyclic amines) is 1. The number of nitrogens with zero attached hydrogens (tertiary/aromatic N) is 2. The summed E-state index contributed by atoms with van der Waals surface area (Å²) in [7, 11) is 0. The Labute approximate surface area is 144 Å². The van der Waals surface area contributed by atoms with Gasteiger partial charge >= 0.3 is 5.69 Å². The van der Waals surface area contributed by atoms with Crippen LogP contribution in [0.25, 0.3) is 0 Å². The minimum Gasteiger partial charge on any atom is -0.338 e. The van der Waals surface area contributed by atoms with Crippen LogP contribution in [0.1, 0.15) is 59.3 Å². The number of aromatic amines is 2. The third-order valence-electron chi connectivity index (χ3n) is 5.19. The molecule has 25 heavy (non-hydrogen) atoms. The molecule has 4 rings (SSSR count). The van der Waals surface area contributed by atoms with Gasteiger partial charge in [-0.15, -0.1) is 0 Å². The summed E-state index contributed by atoms with van der Waals surface area (Å²) in [6.07, 6.45) is 3.01. The summed E-state index contributed by atoms with van der Waals surface area (Å²) < 4.78 is 0. The van der Waals surface area contributed by atoms with Gasteiger partial charge in [0, 0.05) is 37.4 Å². The van der Waals surface area contributed by atoms with Crippen LogP contribution in [-0.2, 0) is 4.79 Å². The minimum atomic E-state index is -0.316. The lowest BCUT2D eigenvalue weighted by atomic mass is 9.79. The number of rotatable bonds is 3. The number of carbonyl (C=O) groups excluding carboxylic acids is 2. The molecule has 1 aromatic heterocycles. The number of hydrogen-bond acceptors (Lipinski definition) is 4. The molecule has 1 amide bonds. The summed E-state index contributed by atoms with van der Waals surface area (Å²) in [5, 5.41) is 6.38. The molecule has 1 saturated heterocycles. The highest BCUT2D eigenvalue weighted by atomic mass is 16.2. The van der Waals surface area contributed by atoms with E-state index in [0.717, 1.165) is 18.4 Å². The fraction of sp³-hybridized carbons (Fsp3) is 0.444. The number of carbonyl (C=O) groups is 2. The normalized spacial score (nSPS) is 21.2. The van der Waals surface area contributed by atoms with Crippen LogP contribution >= 0.6 is 0 Å². The fourth-order valence-corrected chi connectivity index (χ4v) is 3.67. The van der Waals surface area contributed by atoms with E-state index in [-0.39, 0.29) is 17.5 Å². The van der Waals surface area contributed by atoms with Gasteiger partial charge in [0.1, 0.15) is 11.6 Å². The molecule has 2 aliphatic rings. The lowest BCUT2D eigenvalue weighted by molar-refractivity contribution is -0.124. The fourth-order valence-electron chi connectivity index (χ4n) is 3.67. The zero-order valence-electron chi connectivity index (χ0n) is 13.8. The highest BCUT2D eigenvalue weighted by molar-refractivity contribution is 5.94. The molecule has 0 bridgehead atoms. The zero-order valence-corrected chi connectivity index (χ0v) is 13.8. The standard InChI is InChI=1S/C18H20N4O3/c23-15-8-14(9-15)11-3-5-12(6-4-11)17(24)22-7-1-2-13(10-22)16-19-18(25)21-20-16/h3-6,13-14H,1-2,7-10H2,(H2,19,20,21,25). The van der Waals surface area contributed by atoms with Gasteiger partial charge in [0.2, 0.25) is 0 Å². The molecule has 2 aromatic rings. The number of amides is 1. The van der Waals surface area contributed by atoms with E-state index < -0.39 is 0 Å². The summed E-state index contributed by atoms with van der Waals surface area (Å²) in [5.74, 6) is 1.29. The molecule has 1 aromatic carbocycles. The Balaban J connectivity index is 1.44. The first-order valence-corrected chi connectivity index (χ1v) is 8.65. The predicted molar refractivity (Wildman–Crippen MR) is 90.5 cm³/mol. The molecule has 0 spiro atoms. The lowest BCUT2D eigenvalue weighted by Gasteiger charge is -2.32. The van der Waals surface area contributed by atoms with Crippen molar-refractivity contribution in [1.29, 1.82) is 0 Å². The van der Waals surface area contributed by atoms with Gasteiger partial charge in [0.15, 0.2) is 0 Å². The number of hydrogen-bond donors (Lipinski definition) is 2. The summed E-state index contributed by atoms with van der Waals surface area (Å²) in [5.41, 5.74) is 1.47. The molecule has 1 saturated carbocycles. The lowest BCUT2D eigenvalue weighted by Crippen LogP contribution is -2.39. The van der Waals surface area contributed by atoms with Gasteiger partial charge in [0.25, 0.3) is 5.91 Å². The molecule has 130 valence electrons. The van der Waals surface area contributed by atoms with E-state index in [1.807, 2.05) is 29.2 Å². The maximum Gasteiger partial charge on any atom is 0.340 e. The topological polar surface area (TPSA) is 98.9 Å². The minimum absolute atomic E-state index is 0.00109. The van der Waals surface area contributed by atoms with Crippen molar-refractivity contribution in [3.05, 3.63) is 51.7 Å². The second-order valence-electron chi connectivity index (χ2n) is 6.92. The number of piperidine rings is 1. The molecule has 7 nitrogen and oxygen atoms in total. The van der Waals surface area contributed by atoms with E-state index in [1.165, 1.54) is 0 Å². The SMILES string of the molecule is O=C1CC(c2ccc(C(=O)N3CCCC(c4n[nH]c(=O)[nH]4)C3)cc2)C1. The van der Waals surface area contributed by atoms with E-state index in [9.17, 15) is 14.4 Å². The van der Waals surface area contributed by atoms with Crippen molar-refractivity contribution in [2.24, 2.45) is 0 Å². The molecule has 1 aliphatic carbocycles. The van der Waals surface area contributed by atoms with Crippen LogP contribution in [0.2, 0.25) is 0 Å². The number of aromatic nitrogens is 3. The molecule has 2 N–H and O–H groups in total. The van der Waals surface area contributed by atoms with E-state index in [4.69, 9.17) is 0 Å². The molecule has 2 fully saturated rings. The van der Waals surface area contributed by atoms with Gasteiger partial charge in [0.05, 0.1) is 0 Å². The van der Waals surface area contributed by atoms with E-state index in [2.05, 4.69) is 15.2 Å². The third kappa shape index (κ3) is 3.14. The summed E-state index contributed by atoms with van der Waals surface area (Å²) in [4.78, 5) is 39.6. The number of Topliss-reactive ketones (excluding diaryl/α,β-unsaturated/α-hetero) is 1. The molecule has 0 radical (unpaired) electrons. The Kier molecular flexibility index (Phi) is 3.99. The summed E-state index contributed by atoms with van der Waals surface area (Å²) in [6, 6.07) is 7.61. The molecule has 7 heteroatoms. The van der Waals surface area contributed by atoms with Gasteiger partial charge in [-0.3, -0.25) is 14.6 Å². The highest BCUT2D eigenvalue weighted by Crippen LogP contribution is 2.33. The van der Waals surface area contributed by atoms with Gasteiger partial charge in [-0.1, -0.05) is 12.1 Å². The predicted octanol–water partition coefficient (Wildman–Crippen LogP) is 1.56. The van der Waals surface area contributed by atoms with Crippen LogP contribution in [0.3, 0.4) is 0 Å². The van der Waals surface area contributed by atoms with Crippen molar-refractivity contribution in [2.45, 2.75) is 37.5 Å². The van der Waals surface area contributed by atoms with Crippen LogP contribution in [0.4, 0.5) is 0 Å². The maximum atomic E-state index is 12.8. The number of benzene rings is 1. The maximum absolute atomic E-state index is 12.8. The molecular weight excluding hydrogens is 320 g/mol. The average molecular weight is 340 g/mol. The Morgan fingerprint density at radius 1 is 1.12 bits per heavy atom. The van der Waals surface area contributed by atoms with Crippen LogP contribution in [0.15, 0.2) is 29.1 Å². The van der Waals surface area contributed by atoms with Crippen LogP contribution in [-0.4, -0.2) is 44.9 Å². The Bertz CT molecular complexity index is 844. The number of H-pyrrole nitrogens is 2. The quantitative estimate of drug-likeness (QED) is 0.886. The summed E-state index contributed by atoms with van der Waals surface area (Å²) >= 11 is 0. The monoisotopic (exact) mass is 340 g/mol. The van der Waals surface area contributed by atoms with Gasteiger partial charge < -0.3 is 4.90 Å². The molecule has 1 unspecified atom stereocenters. The van der Waals surface area contributed by atoms with Crippen molar-refractivity contribution in [3.8, 4) is 0 Å². The first-order chi connectivity index (χ1) is 12.1. The first-order valence-electron chi connectivity index (χ1n) is 8.65. The van der Waals surface area contributed by atoms with Gasteiger partial charge in [-0.05, 0) is 36.5 Å². The van der Waals surface area contributed by atoms with Crippen molar-refractivity contribution in [2.75, 3.05) is 13.1 Å². The van der Waals surface area contributed by atoms with Crippen molar-refractivity contribution >= 4 is 11.7 Å². The third-order valence-corrected chi connectivity index (χ3v) is 5.19. The second-order valence-corrected chi connectivity index (χ2v) is 6.92.